The average Bonchev–Trinajstić information content (AvgIpc) is 2.15. The van der Waals surface area contributed by atoms with Gasteiger partial charge in [-0.3, -0.25) is 4.79 Å². The second-order valence-electron chi connectivity index (χ2n) is 2.11. The molecule has 0 bridgehead atoms. The van der Waals surface area contributed by atoms with Crippen LogP contribution in [0.3, 0.4) is 0 Å². The van der Waals surface area contributed by atoms with Gasteiger partial charge >= 0.3 is 0 Å². The summed E-state index contributed by atoms with van der Waals surface area (Å²) >= 11 is 0. The number of terminal acetylenes is 1. The Morgan fingerprint density at radius 1 is 1.33 bits per heavy atom. The molecule has 0 saturated carbocycles. The molecule has 1 aromatic rings. The Morgan fingerprint density at radius 2 is 2.08 bits per heavy atom. The Labute approximate surface area is 71.4 Å². The molecule has 0 radical (unpaired) electrons. The molecule has 0 saturated heterocycles. The summed E-state index contributed by atoms with van der Waals surface area (Å²) in [5, 5.41) is 0. The fourth-order valence-corrected chi connectivity index (χ4v) is 0.800. The smallest absolute Gasteiger partial charge is 0.193 e. The fraction of sp³-hybridized carbons (Fsp3) is 0. The van der Waals surface area contributed by atoms with E-state index in [1.54, 1.807) is 12.1 Å². The van der Waals surface area contributed by atoms with Gasteiger partial charge in [0.1, 0.15) is 0 Å². The molecule has 0 unspecified atom stereocenters. The van der Waals surface area contributed by atoms with Crippen LogP contribution < -0.4 is 0 Å². The van der Waals surface area contributed by atoms with Crippen LogP contribution in [0, 0.1) is 24.2 Å². The van der Waals surface area contributed by atoms with Crippen LogP contribution in [-0.2, 0) is 4.79 Å². The van der Waals surface area contributed by atoms with Gasteiger partial charge in [-0.15, -0.1) is 6.42 Å². The van der Waals surface area contributed by atoms with Gasteiger partial charge in [0.25, 0.3) is 0 Å². The van der Waals surface area contributed by atoms with E-state index >= 15 is 0 Å². The quantitative estimate of drug-likeness (QED) is 0.405. The van der Waals surface area contributed by atoms with E-state index in [9.17, 15) is 4.79 Å². The third kappa shape index (κ3) is 2.01. The summed E-state index contributed by atoms with van der Waals surface area (Å²) in [7, 11) is 0. The van der Waals surface area contributed by atoms with E-state index in [0.717, 1.165) is 11.1 Å². The molecule has 0 aromatic heterocycles. The lowest BCUT2D eigenvalue weighted by molar-refractivity contribution is -0.103. The van der Waals surface area contributed by atoms with Crippen molar-refractivity contribution in [2.45, 2.75) is 0 Å². The largest absolute Gasteiger partial charge is 0.289 e. The average molecular weight is 154 g/mol. The van der Waals surface area contributed by atoms with Crippen LogP contribution in [0.5, 0.6) is 0 Å². The van der Waals surface area contributed by atoms with Crippen molar-refractivity contribution in [2.75, 3.05) is 0 Å². The number of hydrogen-bond donors (Lipinski definition) is 0. The third-order valence-electron chi connectivity index (χ3n) is 1.30. The topological polar surface area (TPSA) is 17.1 Å². The van der Waals surface area contributed by atoms with E-state index in [0.29, 0.717) is 6.29 Å². The zero-order chi connectivity index (χ0) is 8.81. The molecule has 12 heavy (non-hydrogen) atoms. The normalized spacial score (nSPS) is 7.58. The van der Waals surface area contributed by atoms with E-state index < -0.39 is 0 Å². The summed E-state index contributed by atoms with van der Waals surface area (Å²) in [6.45, 7) is 0. The minimum Gasteiger partial charge on any atom is -0.289 e. The molecular weight excluding hydrogens is 148 g/mol. The van der Waals surface area contributed by atoms with Crippen molar-refractivity contribution in [3.8, 4) is 24.2 Å². The molecule has 1 rings (SSSR count). The second-order valence-corrected chi connectivity index (χ2v) is 2.11. The van der Waals surface area contributed by atoms with Gasteiger partial charge in [-0.25, -0.2) is 0 Å². The summed E-state index contributed by atoms with van der Waals surface area (Å²) < 4.78 is 0. The van der Waals surface area contributed by atoms with Gasteiger partial charge in [-0.05, 0) is 24.1 Å². The molecule has 0 amide bonds. The highest BCUT2D eigenvalue weighted by Gasteiger charge is 1.87. The summed E-state index contributed by atoms with van der Waals surface area (Å²) in [5.41, 5.74) is 1.53. The molecule has 1 nitrogen and oxygen atoms in total. The summed E-state index contributed by atoms with van der Waals surface area (Å²) in [6.07, 6.45) is 5.74. The van der Waals surface area contributed by atoms with Crippen LogP contribution >= 0.6 is 0 Å². The molecule has 0 aliphatic rings. The first kappa shape index (κ1) is 8.11. The fourth-order valence-electron chi connectivity index (χ4n) is 0.800. The van der Waals surface area contributed by atoms with Crippen molar-refractivity contribution < 1.29 is 4.79 Å². The lowest BCUT2D eigenvalue weighted by Gasteiger charge is -1.90. The van der Waals surface area contributed by atoms with Gasteiger partial charge in [0.15, 0.2) is 6.29 Å². The van der Waals surface area contributed by atoms with Crippen LogP contribution in [0.2, 0.25) is 0 Å². The summed E-state index contributed by atoms with van der Waals surface area (Å²) in [5.74, 6) is 7.46. The summed E-state index contributed by atoms with van der Waals surface area (Å²) in [6, 6.07) is 7.18. The first-order valence-corrected chi connectivity index (χ1v) is 3.38. The Bertz CT molecular complexity index is 385. The van der Waals surface area contributed by atoms with Crippen LogP contribution in [0.1, 0.15) is 11.1 Å². The van der Waals surface area contributed by atoms with Gasteiger partial charge in [0.2, 0.25) is 0 Å². The maximum atomic E-state index is 9.92. The Kier molecular flexibility index (Phi) is 2.71. The number of carbonyl (C=O) groups is 1. The molecule has 56 valence electrons. The van der Waals surface area contributed by atoms with Crippen molar-refractivity contribution in [1.82, 2.24) is 0 Å². The minimum absolute atomic E-state index is 0.558. The highest BCUT2D eigenvalue weighted by molar-refractivity contribution is 5.74. The number of benzene rings is 1. The molecule has 0 atom stereocenters. The molecule has 0 spiro atoms. The lowest BCUT2D eigenvalue weighted by Crippen LogP contribution is -1.77. The monoisotopic (exact) mass is 154 g/mol. The predicted molar refractivity (Wildman–Crippen MR) is 47.3 cm³/mol. The van der Waals surface area contributed by atoms with Crippen molar-refractivity contribution in [3.63, 3.8) is 0 Å². The SMILES string of the molecule is C#Cc1cccc(C#CC=O)c1. The van der Waals surface area contributed by atoms with Gasteiger partial charge in [0, 0.05) is 11.1 Å². The third-order valence-corrected chi connectivity index (χ3v) is 1.30. The number of rotatable bonds is 0. The molecule has 1 aromatic carbocycles. The van der Waals surface area contributed by atoms with Crippen molar-refractivity contribution in [3.05, 3.63) is 35.4 Å². The number of carbonyl (C=O) groups excluding carboxylic acids is 1. The lowest BCUT2D eigenvalue weighted by atomic mass is 10.1. The van der Waals surface area contributed by atoms with Gasteiger partial charge < -0.3 is 0 Å². The van der Waals surface area contributed by atoms with E-state index in [-0.39, 0.29) is 0 Å². The molecule has 0 aliphatic heterocycles. The minimum atomic E-state index is 0.558. The maximum absolute atomic E-state index is 9.92. The Morgan fingerprint density at radius 3 is 2.75 bits per heavy atom. The Balaban J connectivity index is 3.03. The highest BCUT2D eigenvalue weighted by atomic mass is 16.1. The van der Waals surface area contributed by atoms with Crippen LogP contribution in [0.4, 0.5) is 0 Å². The maximum Gasteiger partial charge on any atom is 0.193 e. The molecule has 0 aliphatic carbocycles. The standard InChI is InChI=1S/C11H6O/c1-2-10-5-3-6-11(9-10)7-4-8-12/h1,3,5-6,8-9H. The molecule has 1 heteroatoms. The summed E-state index contributed by atoms with van der Waals surface area (Å²) in [4.78, 5) is 9.92. The zero-order valence-corrected chi connectivity index (χ0v) is 6.37. The first-order chi connectivity index (χ1) is 5.86. The number of hydrogen-bond acceptors (Lipinski definition) is 1. The number of aldehydes is 1. The predicted octanol–water partition coefficient (Wildman–Crippen LogP) is 1.22. The van der Waals surface area contributed by atoms with E-state index in [2.05, 4.69) is 17.8 Å². The zero-order valence-electron chi connectivity index (χ0n) is 6.37. The van der Waals surface area contributed by atoms with Crippen LogP contribution in [0.15, 0.2) is 24.3 Å². The Hall–Kier alpha value is -1.99. The second kappa shape index (κ2) is 4.01. The van der Waals surface area contributed by atoms with E-state index in [1.807, 2.05) is 12.1 Å². The molecular formula is C11H6O. The molecule has 0 N–H and O–H groups in total. The highest BCUT2D eigenvalue weighted by Crippen LogP contribution is 2.01. The van der Waals surface area contributed by atoms with E-state index in [1.165, 1.54) is 0 Å². The first-order valence-electron chi connectivity index (χ1n) is 3.38. The molecule has 0 fully saturated rings. The van der Waals surface area contributed by atoms with Crippen LogP contribution in [-0.4, -0.2) is 6.29 Å². The van der Waals surface area contributed by atoms with Gasteiger partial charge in [0.05, 0.1) is 0 Å². The van der Waals surface area contributed by atoms with Gasteiger partial charge in [-0.2, -0.15) is 0 Å². The van der Waals surface area contributed by atoms with Crippen molar-refractivity contribution in [1.29, 1.82) is 0 Å². The van der Waals surface area contributed by atoms with E-state index in [4.69, 9.17) is 6.42 Å². The van der Waals surface area contributed by atoms with Gasteiger partial charge in [-0.1, -0.05) is 17.9 Å². The van der Waals surface area contributed by atoms with Crippen molar-refractivity contribution >= 4 is 6.29 Å². The van der Waals surface area contributed by atoms with Crippen molar-refractivity contribution in [2.24, 2.45) is 0 Å². The molecule has 0 heterocycles. The van der Waals surface area contributed by atoms with Crippen LogP contribution in [0.25, 0.3) is 0 Å².